The van der Waals surface area contributed by atoms with E-state index in [1.54, 1.807) is 0 Å². The molecule has 0 aliphatic rings. The van der Waals surface area contributed by atoms with Crippen molar-refractivity contribution in [2.45, 2.75) is 0 Å². The third-order valence-electron chi connectivity index (χ3n) is 1.27. The smallest absolute Gasteiger partial charge is 0.343 e. The van der Waals surface area contributed by atoms with Crippen molar-refractivity contribution in [2.24, 2.45) is 0 Å². The Kier molecular flexibility index (Phi) is 1.52. The normalized spacial score (nSPS) is 9.82. The molecule has 11 heavy (non-hydrogen) atoms. The molecular formula is C5H5BN2O3. The number of aromatic hydroxyl groups is 1. The van der Waals surface area contributed by atoms with Gasteiger partial charge in [-0.15, -0.1) is 0 Å². The van der Waals surface area contributed by atoms with Gasteiger partial charge >= 0.3 is 5.97 Å². The topological polar surface area (TPSA) is 88.5 Å². The van der Waals surface area contributed by atoms with Crippen molar-refractivity contribution < 1.29 is 15.0 Å². The molecule has 0 fully saturated rings. The van der Waals surface area contributed by atoms with Gasteiger partial charge in [0.15, 0.2) is 0 Å². The van der Waals surface area contributed by atoms with Gasteiger partial charge in [0.1, 0.15) is 17.1 Å². The lowest BCUT2D eigenvalue weighted by atomic mass is 10.3. The van der Waals surface area contributed by atoms with Crippen LogP contribution in [0.5, 0.6) is 5.75 Å². The number of nitrogens with two attached hydrogens (primary N) is 1. The molecule has 0 aliphatic carbocycles. The van der Waals surface area contributed by atoms with E-state index in [4.69, 9.17) is 23.9 Å². The molecule has 0 spiro atoms. The second-order valence-electron chi connectivity index (χ2n) is 1.99. The largest absolute Gasteiger partial charge is 0.505 e. The summed E-state index contributed by atoms with van der Waals surface area (Å²) in [6.45, 7) is 0. The second kappa shape index (κ2) is 2.23. The molecule has 5 nitrogen and oxygen atoms in total. The molecule has 0 amide bonds. The van der Waals surface area contributed by atoms with Crippen molar-refractivity contribution in [3.8, 4) is 5.75 Å². The summed E-state index contributed by atoms with van der Waals surface area (Å²) in [5.74, 6) is -1.91. The molecule has 1 rings (SSSR count). The zero-order chi connectivity index (χ0) is 8.59. The molecule has 0 bridgehead atoms. The molecule has 0 saturated heterocycles. The summed E-state index contributed by atoms with van der Waals surface area (Å²) in [5.41, 5.74) is 4.83. The van der Waals surface area contributed by atoms with E-state index in [0.717, 1.165) is 10.7 Å². The van der Waals surface area contributed by atoms with E-state index in [9.17, 15) is 4.79 Å². The van der Waals surface area contributed by atoms with E-state index < -0.39 is 11.7 Å². The number of nitrogens with zero attached hydrogens (tertiary/aromatic N) is 1. The van der Waals surface area contributed by atoms with Crippen LogP contribution < -0.4 is 5.73 Å². The highest BCUT2D eigenvalue weighted by Crippen LogP contribution is 2.23. The van der Waals surface area contributed by atoms with Gasteiger partial charge in [0.2, 0.25) is 7.98 Å². The molecule has 4 N–H and O–H groups in total. The Labute approximate surface area is 63.5 Å². The average molecular weight is 152 g/mol. The molecule has 0 atom stereocenters. The summed E-state index contributed by atoms with van der Waals surface area (Å²) >= 11 is 0. The van der Waals surface area contributed by atoms with Crippen LogP contribution in [0.3, 0.4) is 0 Å². The number of aromatic nitrogens is 1. The lowest BCUT2D eigenvalue weighted by Crippen LogP contribution is -2.03. The Bertz CT molecular complexity index is 307. The van der Waals surface area contributed by atoms with Crippen LogP contribution in [0.15, 0.2) is 6.20 Å². The molecule has 0 unspecified atom stereocenters. The second-order valence-corrected chi connectivity index (χ2v) is 1.99. The minimum Gasteiger partial charge on any atom is -0.505 e. The van der Waals surface area contributed by atoms with Crippen molar-refractivity contribution >= 4 is 19.8 Å². The van der Waals surface area contributed by atoms with Crippen molar-refractivity contribution in [1.29, 1.82) is 0 Å². The van der Waals surface area contributed by atoms with Gasteiger partial charge in [-0.2, -0.15) is 0 Å². The van der Waals surface area contributed by atoms with Crippen LogP contribution in [-0.4, -0.2) is 28.6 Å². The Morgan fingerprint density at radius 1 is 1.73 bits per heavy atom. The molecule has 2 radical (unpaired) electrons. The van der Waals surface area contributed by atoms with Gasteiger partial charge in [0, 0.05) is 6.20 Å². The van der Waals surface area contributed by atoms with Crippen LogP contribution in [0.1, 0.15) is 10.4 Å². The number of hydrogen-bond donors (Lipinski definition) is 3. The van der Waals surface area contributed by atoms with Crippen LogP contribution >= 0.6 is 0 Å². The van der Waals surface area contributed by atoms with E-state index in [0.29, 0.717) is 0 Å². The Morgan fingerprint density at radius 2 is 2.27 bits per heavy atom. The third kappa shape index (κ3) is 1.02. The molecule has 1 heterocycles. The number of anilines is 1. The van der Waals surface area contributed by atoms with Crippen LogP contribution in [0.4, 0.5) is 5.82 Å². The fourth-order valence-electron chi connectivity index (χ4n) is 0.745. The molecule has 1 aromatic heterocycles. The van der Waals surface area contributed by atoms with Crippen LogP contribution in [0.25, 0.3) is 0 Å². The molecule has 6 heteroatoms. The number of hydrogen-bond acceptors (Lipinski definition) is 3. The van der Waals surface area contributed by atoms with E-state index in [-0.39, 0.29) is 11.4 Å². The minimum absolute atomic E-state index is 0.171. The van der Waals surface area contributed by atoms with Gasteiger partial charge < -0.3 is 20.4 Å². The minimum atomic E-state index is -1.30. The molecule has 1 aromatic rings. The first-order chi connectivity index (χ1) is 5.04. The highest BCUT2D eigenvalue weighted by molar-refractivity contribution is 6.11. The SMILES string of the molecule is [B]n1cc(O)c(C(=O)O)c1N. The maximum atomic E-state index is 10.3. The first-order valence-electron chi connectivity index (χ1n) is 2.72. The fourth-order valence-corrected chi connectivity index (χ4v) is 0.745. The lowest BCUT2D eigenvalue weighted by Gasteiger charge is -1.95. The van der Waals surface area contributed by atoms with Gasteiger partial charge in [-0.3, -0.25) is 0 Å². The summed E-state index contributed by atoms with van der Waals surface area (Å²) in [7, 11) is 5.15. The predicted molar refractivity (Wildman–Crippen MR) is 38.6 cm³/mol. The number of aromatic carboxylic acids is 1. The van der Waals surface area contributed by atoms with Gasteiger partial charge in [-0.1, -0.05) is 0 Å². The lowest BCUT2D eigenvalue weighted by molar-refractivity contribution is 0.0695. The van der Waals surface area contributed by atoms with Gasteiger partial charge in [-0.25, -0.2) is 4.79 Å². The van der Waals surface area contributed by atoms with Crippen LogP contribution in [0, 0.1) is 0 Å². The summed E-state index contributed by atoms with van der Waals surface area (Å²) in [4.78, 5) is 10.3. The monoisotopic (exact) mass is 152 g/mol. The predicted octanol–water partition coefficient (Wildman–Crippen LogP) is -0.594. The fraction of sp³-hybridized carbons (Fsp3) is 0. The first kappa shape index (κ1) is 7.52. The summed E-state index contributed by atoms with van der Waals surface area (Å²) < 4.78 is 0.846. The number of nitrogen functional groups attached to an aromatic ring is 1. The molecule has 0 saturated carbocycles. The highest BCUT2D eigenvalue weighted by Gasteiger charge is 2.16. The molecule has 0 aliphatic heterocycles. The van der Waals surface area contributed by atoms with E-state index in [2.05, 4.69) is 0 Å². The Balaban J connectivity index is 3.34. The molecular weight excluding hydrogens is 147 g/mol. The summed E-state index contributed by atoms with van der Waals surface area (Å²) in [6.07, 6.45) is 1.03. The average Bonchev–Trinajstić information content (AvgIpc) is 2.07. The molecule has 0 aromatic carbocycles. The van der Waals surface area contributed by atoms with Gasteiger partial charge in [-0.05, 0) is 0 Å². The third-order valence-corrected chi connectivity index (χ3v) is 1.27. The number of carbonyl (C=O) groups is 1. The maximum absolute atomic E-state index is 10.3. The Hall–Kier alpha value is -1.59. The standard InChI is InChI=1S/C5H5BN2O3/c6-8-1-2(9)3(4(8)7)5(10)11/h1,9H,7H2,(H,10,11). The zero-order valence-electron chi connectivity index (χ0n) is 5.48. The van der Waals surface area contributed by atoms with Crippen molar-refractivity contribution in [3.05, 3.63) is 11.8 Å². The zero-order valence-corrected chi connectivity index (χ0v) is 5.48. The molecule has 56 valence electrons. The number of carboxylic acid groups (broad SMARTS) is 1. The van der Waals surface area contributed by atoms with Crippen LogP contribution in [0.2, 0.25) is 0 Å². The van der Waals surface area contributed by atoms with Gasteiger partial charge in [0.25, 0.3) is 0 Å². The van der Waals surface area contributed by atoms with Crippen molar-refractivity contribution in [2.75, 3.05) is 5.73 Å². The summed E-state index contributed by atoms with van der Waals surface area (Å²) in [5, 5.41) is 17.4. The van der Waals surface area contributed by atoms with E-state index in [1.165, 1.54) is 0 Å². The number of rotatable bonds is 1. The van der Waals surface area contributed by atoms with Gasteiger partial charge in [0.05, 0.1) is 0 Å². The van der Waals surface area contributed by atoms with E-state index >= 15 is 0 Å². The number of carboxylic acids is 1. The Morgan fingerprint density at radius 3 is 2.45 bits per heavy atom. The maximum Gasteiger partial charge on any atom is 0.343 e. The van der Waals surface area contributed by atoms with E-state index in [1.807, 2.05) is 0 Å². The van der Waals surface area contributed by atoms with Crippen molar-refractivity contribution in [1.82, 2.24) is 4.48 Å². The first-order valence-corrected chi connectivity index (χ1v) is 2.72. The van der Waals surface area contributed by atoms with Crippen LogP contribution in [-0.2, 0) is 0 Å². The quantitative estimate of drug-likeness (QED) is 0.469. The van der Waals surface area contributed by atoms with Crippen molar-refractivity contribution in [3.63, 3.8) is 0 Å². The highest BCUT2D eigenvalue weighted by atomic mass is 16.4. The summed E-state index contributed by atoms with van der Waals surface area (Å²) in [6, 6.07) is 0.